The fourth-order valence-corrected chi connectivity index (χ4v) is 2.22. The average molecular weight is 270 g/mol. The first-order valence-electron chi connectivity index (χ1n) is 7.48. The molecule has 106 valence electrons. The molecule has 0 saturated heterocycles. The van der Waals surface area contributed by atoms with Crippen molar-refractivity contribution in [1.29, 1.82) is 0 Å². The van der Waals surface area contributed by atoms with Crippen molar-refractivity contribution in [3.63, 3.8) is 0 Å². The smallest absolute Gasteiger partial charge is 0.125 e. The van der Waals surface area contributed by atoms with E-state index >= 15 is 0 Å². The van der Waals surface area contributed by atoms with Gasteiger partial charge in [-0.25, -0.2) is 0 Å². The molecule has 0 aromatic heterocycles. The van der Waals surface area contributed by atoms with Crippen LogP contribution in [-0.4, -0.2) is 13.1 Å². The molecule has 0 radical (unpaired) electrons. The fourth-order valence-electron chi connectivity index (χ4n) is 2.22. The summed E-state index contributed by atoms with van der Waals surface area (Å²) in [5, 5.41) is 4.77. The van der Waals surface area contributed by atoms with Crippen LogP contribution in [0.15, 0.2) is 48.5 Å². The van der Waals surface area contributed by atoms with Crippen LogP contribution in [0.3, 0.4) is 0 Å². The molecule has 0 aliphatic rings. The zero-order valence-corrected chi connectivity index (χ0v) is 12.6. The predicted molar refractivity (Wildman–Crippen MR) is 83.4 cm³/mol. The second-order valence-corrected chi connectivity index (χ2v) is 5.53. The maximum absolute atomic E-state index is 2.39. The van der Waals surface area contributed by atoms with Crippen LogP contribution in [0.25, 0.3) is 0 Å². The van der Waals surface area contributed by atoms with Crippen LogP contribution in [0.1, 0.15) is 22.3 Å². The van der Waals surface area contributed by atoms with Crippen LogP contribution in [0.5, 0.6) is 0 Å². The molecule has 2 nitrogen and oxygen atoms in total. The summed E-state index contributed by atoms with van der Waals surface area (Å²) in [7, 11) is 0. The summed E-state index contributed by atoms with van der Waals surface area (Å²) < 4.78 is 0. The van der Waals surface area contributed by atoms with E-state index in [-0.39, 0.29) is 0 Å². The Morgan fingerprint density at radius 3 is 1.30 bits per heavy atom. The van der Waals surface area contributed by atoms with Gasteiger partial charge < -0.3 is 10.6 Å². The molecule has 0 atom stereocenters. The predicted octanol–water partition coefficient (Wildman–Crippen LogP) is 1.13. The molecule has 0 aliphatic heterocycles. The first-order valence-corrected chi connectivity index (χ1v) is 7.48. The van der Waals surface area contributed by atoms with Crippen molar-refractivity contribution in [2.24, 2.45) is 0 Å². The second kappa shape index (κ2) is 7.83. The summed E-state index contributed by atoms with van der Waals surface area (Å²) in [6.07, 6.45) is 0. The van der Waals surface area contributed by atoms with Gasteiger partial charge in [0.05, 0.1) is 0 Å². The molecule has 0 heterocycles. The molecular weight excluding hydrogens is 244 g/mol. The van der Waals surface area contributed by atoms with E-state index in [0.29, 0.717) is 0 Å². The van der Waals surface area contributed by atoms with Gasteiger partial charge in [-0.3, -0.25) is 0 Å². The van der Waals surface area contributed by atoms with Gasteiger partial charge in [0.25, 0.3) is 0 Å². The molecule has 0 unspecified atom stereocenters. The Morgan fingerprint density at radius 1 is 0.600 bits per heavy atom. The maximum Gasteiger partial charge on any atom is 0.125 e. The highest BCUT2D eigenvalue weighted by atomic mass is 14.9. The van der Waals surface area contributed by atoms with Crippen molar-refractivity contribution in [2.75, 3.05) is 13.1 Å². The van der Waals surface area contributed by atoms with E-state index in [4.69, 9.17) is 0 Å². The zero-order chi connectivity index (χ0) is 14.2. The number of benzene rings is 2. The Balaban J connectivity index is 1.57. The monoisotopic (exact) mass is 270 g/mol. The molecule has 0 bridgehead atoms. The SMILES string of the molecule is Cc1ccc(C[NH2+]CC[NH2+]Cc2ccc(C)cc2)cc1. The quantitative estimate of drug-likeness (QED) is 0.707. The molecule has 0 saturated carbocycles. The Morgan fingerprint density at radius 2 is 0.950 bits per heavy atom. The van der Waals surface area contributed by atoms with Crippen molar-refractivity contribution in [3.05, 3.63) is 70.8 Å². The zero-order valence-electron chi connectivity index (χ0n) is 12.6. The second-order valence-electron chi connectivity index (χ2n) is 5.53. The number of quaternary nitrogens is 2. The van der Waals surface area contributed by atoms with E-state index < -0.39 is 0 Å². The molecule has 0 spiro atoms. The lowest BCUT2D eigenvalue weighted by molar-refractivity contribution is -0.738. The van der Waals surface area contributed by atoms with Crippen LogP contribution in [0.2, 0.25) is 0 Å². The lowest BCUT2D eigenvalue weighted by Crippen LogP contribution is -2.93. The van der Waals surface area contributed by atoms with Crippen molar-refractivity contribution < 1.29 is 10.6 Å². The van der Waals surface area contributed by atoms with Crippen LogP contribution in [0, 0.1) is 13.8 Å². The van der Waals surface area contributed by atoms with E-state index in [1.807, 2.05) is 0 Å². The van der Waals surface area contributed by atoms with Gasteiger partial charge in [0.1, 0.15) is 26.2 Å². The topological polar surface area (TPSA) is 33.2 Å². The lowest BCUT2D eigenvalue weighted by Gasteiger charge is -2.03. The van der Waals surface area contributed by atoms with Crippen molar-refractivity contribution >= 4 is 0 Å². The number of hydrogen-bond acceptors (Lipinski definition) is 0. The molecule has 2 rings (SSSR count). The lowest BCUT2D eigenvalue weighted by atomic mass is 10.1. The van der Waals surface area contributed by atoms with Gasteiger partial charge in [0, 0.05) is 11.1 Å². The Kier molecular flexibility index (Phi) is 5.78. The number of rotatable bonds is 7. The van der Waals surface area contributed by atoms with Gasteiger partial charge in [0.15, 0.2) is 0 Å². The van der Waals surface area contributed by atoms with Gasteiger partial charge >= 0.3 is 0 Å². The van der Waals surface area contributed by atoms with E-state index in [9.17, 15) is 0 Å². The number of nitrogens with two attached hydrogens (primary N) is 2. The van der Waals surface area contributed by atoms with Gasteiger partial charge in [-0.1, -0.05) is 59.7 Å². The first-order chi connectivity index (χ1) is 9.74. The van der Waals surface area contributed by atoms with E-state index in [2.05, 4.69) is 73.0 Å². The van der Waals surface area contributed by atoms with Crippen LogP contribution in [-0.2, 0) is 13.1 Å². The van der Waals surface area contributed by atoms with Gasteiger partial charge in [-0.15, -0.1) is 0 Å². The molecular formula is C18H26N2+2. The molecule has 2 aromatic carbocycles. The van der Waals surface area contributed by atoms with E-state index in [1.54, 1.807) is 0 Å². The standard InChI is InChI=1S/C18H24N2/c1-15-3-7-17(8-4-15)13-19-11-12-20-14-18-9-5-16(2)6-10-18/h3-10,19-20H,11-14H2,1-2H3/p+2. The Bertz CT molecular complexity index is 450. The molecule has 0 fully saturated rings. The third-order valence-corrected chi connectivity index (χ3v) is 3.58. The molecule has 0 amide bonds. The van der Waals surface area contributed by atoms with E-state index in [0.717, 1.165) is 13.1 Å². The van der Waals surface area contributed by atoms with Gasteiger partial charge in [-0.05, 0) is 13.8 Å². The number of aryl methyl sites for hydroxylation is 2. The third-order valence-electron chi connectivity index (χ3n) is 3.58. The highest BCUT2D eigenvalue weighted by Crippen LogP contribution is 2.01. The third kappa shape index (κ3) is 5.16. The summed E-state index contributed by atoms with van der Waals surface area (Å²) in [5.41, 5.74) is 5.49. The summed E-state index contributed by atoms with van der Waals surface area (Å²) in [6.45, 7) is 8.76. The highest BCUT2D eigenvalue weighted by molar-refractivity contribution is 5.21. The molecule has 4 N–H and O–H groups in total. The van der Waals surface area contributed by atoms with Crippen molar-refractivity contribution in [2.45, 2.75) is 26.9 Å². The maximum atomic E-state index is 2.39. The summed E-state index contributed by atoms with van der Waals surface area (Å²) in [5.74, 6) is 0. The minimum Gasteiger partial charge on any atom is -0.338 e. The number of hydrogen-bond donors (Lipinski definition) is 2. The first kappa shape index (κ1) is 14.8. The van der Waals surface area contributed by atoms with Gasteiger partial charge in [0.2, 0.25) is 0 Å². The Hall–Kier alpha value is -1.64. The molecule has 0 aliphatic carbocycles. The Labute approximate surface area is 122 Å². The van der Waals surface area contributed by atoms with Crippen LogP contribution in [0.4, 0.5) is 0 Å². The van der Waals surface area contributed by atoms with Crippen molar-refractivity contribution in [1.82, 2.24) is 0 Å². The largest absolute Gasteiger partial charge is 0.338 e. The van der Waals surface area contributed by atoms with E-state index in [1.165, 1.54) is 35.3 Å². The normalized spacial score (nSPS) is 10.7. The highest BCUT2D eigenvalue weighted by Gasteiger charge is 1.98. The van der Waals surface area contributed by atoms with Crippen LogP contribution < -0.4 is 10.6 Å². The van der Waals surface area contributed by atoms with Crippen molar-refractivity contribution in [3.8, 4) is 0 Å². The fraction of sp³-hybridized carbons (Fsp3) is 0.333. The summed E-state index contributed by atoms with van der Waals surface area (Å²) >= 11 is 0. The summed E-state index contributed by atoms with van der Waals surface area (Å²) in [6, 6.07) is 17.6. The molecule has 2 aromatic rings. The molecule has 2 heteroatoms. The van der Waals surface area contributed by atoms with Crippen LogP contribution >= 0.6 is 0 Å². The van der Waals surface area contributed by atoms with Gasteiger partial charge in [-0.2, -0.15) is 0 Å². The minimum atomic E-state index is 1.08. The average Bonchev–Trinajstić information content (AvgIpc) is 2.46. The molecule has 20 heavy (non-hydrogen) atoms. The minimum absolute atomic E-state index is 1.08. The summed E-state index contributed by atoms with van der Waals surface area (Å²) in [4.78, 5) is 0.